The Bertz CT molecular complexity index is 603. The molecule has 2 fully saturated rings. The van der Waals surface area contributed by atoms with Crippen molar-refractivity contribution in [1.82, 2.24) is 4.90 Å². The summed E-state index contributed by atoms with van der Waals surface area (Å²) < 4.78 is 0. The smallest absolute Gasteiger partial charge is 0.240 e. The molecule has 1 heterocycles. The van der Waals surface area contributed by atoms with E-state index in [0.29, 0.717) is 13.0 Å². The molecule has 1 aromatic carbocycles. The van der Waals surface area contributed by atoms with E-state index in [1.54, 1.807) is 4.90 Å². The number of carbonyl (C=O) groups excluding carboxylic acids is 2. The van der Waals surface area contributed by atoms with E-state index >= 15 is 0 Å². The number of rotatable bonds is 2. The molecule has 3 aliphatic rings. The van der Waals surface area contributed by atoms with Crippen LogP contribution in [0.15, 0.2) is 24.3 Å². The molecule has 2 unspecified atom stereocenters. The highest BCUT2D eigenvalue weighted by molar-refractivity contribution is 5.88. The van der Waals surface area contributed by atoms with Gasteiger partial charge in [0.2, 0.25) is 11.8 Å². The Morgan fingerprint density at radius 1 is 1.05 bits per heavy atom. The molecule has 4 nitrogen and oxygen atoms in total. The first-order chi connectivity index (χ1) is 10.1. The first-order valence-corrected chi connectivity index (χ1v) is 7.80. The summed E-state index contributed by atoms with van der Waals surface area (Å²) in [6.07, 6.45) is 3.86. The molecule has 3 atom stereocenters. The monoisotopic (exact) mass is 284 g/mol. The summed E-state index contributed by atoms with van der Waals surface area (Å²) in [5.41, 5.74) is 7.84. The Balaban J connectivity index is 1.59. The van der Waals surface area contributed by atoms with Gasteiger partial charge in [-0.05, 0) is 42.2 Å². The molecule has 4 heteroatoms. The highest BCUT2D eigenvalue weighted by Gasteiger charge is 2.50. The minimum atomic E-state index is -0.482. The maximum Gasteiger partial charge on any atom is 0.240 e. The van der Waals surface area contributed by atoms with Crippen molar-refractivity contribution in [2.75, 3.05) is 0 Å². The Hall–Kier alpha value is -1.84. The predicted molar refractivity (Wildman–Crippen MR) is 78.0 cm³/mol. The molecule has 0 aromatic heterocycles. The molecule has 2 saturated carbocycles. The van der Waals surface area contributed by atoms with Crippen LogP contribution in [0.1, 0.15) is 30.4 Å². The van der Waals surface area contributed by atoms with Gasteiger partial charge in [-0.25, -0.2) is 0 Å². The lowest BCUT2D eigenvalue weighted by Crippen LogP contribution is -2.52. The molecule has 0 spiro atoms. The van der Waals surface area contributed by atoms with Gasteiger partial charge < -0.3 is 10.6 Å². The zero-order valence-electron chi connectivity index (χ0n) is 12.0. The van der Waals surface area contributed by atoms with E-state index in [4.69, 9.17) is 5.73 Å². The number of hydrogen-bond acceptors (Lipinski definition) is 2. The average Bonchev–Trinajstić information content (AvgIpc) is 3.11. The molecule has 2 N–H and O–H groups in total. The lowest BCUT2D eigenvalue weighted by Gasteiger charge is -2.36. The first kappa shape index (κ1) is 12.9. The average molecular weight is 284 g/mol. The van der Waals surface area contributed by atoms with Crippen LogP contribution in [0.5, 0.6) is 0 Å². The van der Waals surface area contributed by atoms with Crippen LogP contribution in [0.2, 0.25) is 0 Å². The van der Waals surface area contributed by atoms with Crippen LogP contribution >= 0.6 is 0 Å². The minimum absolute atomic E-state index is 0.112. The van der Waals surface area contributed by atoms with Gasteiger partial charge in [0.05, 0.1) is 0 Å². The maximum atomic E-state index is 12.8. The SMILES string of the molecule is NC(=O)[C@@H]1Cc2ccccc2CN1C(=O)C1CC2CC2C1. The normalized spacial score (nSPS) is 33.2. The van der Waals surface area contributed by atoms with Crippen molar-refractivity contribution in [3.05, 3.63) is 35.4 Å². The number of nitrogens with two attached hydrogens (primary N) is 1. The van der Waals surface area contributed by atoms with Crippen LogP contribution in [-0.4, -0.2) is 22.8 Å². The van der Waals surface area contributed by atoms with Gasteiger partial charge in [0.25, 0.3) is 0 Å². The molecule has 0 radical (unpaired) electrons. The van der Waals surface area contributed by atoms with Crippen molar-refractivity contribution in [3.63, 3.8) is 0 Å². The molecule has 1 aliphatic heterocycles. The lowest BCUT2D eigenvalue weighted by molar-refractivity contribution is -0.144. The Morgan fingerprint density at radius 3 is 2.38 bits per heavy atom. The number of nitrogens with zero attached hydrogens (tertiary/aromatic N) is 1. The molecule has 2 amide bonds. The van der Waals surface area contributed by atoms with E-state index in [2.05, 4.69) is 0 Å². The van der Waals surface area contributed by atoms with Crippen LogP contribution < -0.4 is 5.73 Å². The van der Waals surface area contributed by atoms with Crippen molar-refractivity contribution in [3.8, 4) is 0 Å². The fraction of sp³-hybridized carbons (Fsp3) is 0.529. The topological polar surface area (TPSA) is 63.4 Å². The third-order valence-corrected chi connectivity index (χ3v) is 5.45. The number of hydrogen-bond donors (Lipinski definition) is 1. The van der Waals surface area contributed by atoms with E-state index in [0.717, 1.165) is 35.8 Å². The molecule has 21 heavy (non-hydrogen) atoms. The van der Waals surface area contributed by atoms with Crippen molar-refractivity contribution >= 4 is 11.8 Å². The van der Waals surface area contributed by atoms with Crippen LogP contribution in [0.25, 0.3) is 0 Å². The summed E-state index contributed by atoms with van der Waals surface area (Å²) in [4.78, 5) is 26.3. The summed E-state index contributed by atoms with van der Waals surface area (Å²) >= 11 is 0. The second kappa shape index (κ2) is 4.58. The van der Waals surface area contributed by atoms with Crippen LogP contribution in [0.3, 0.4) is 0 Å². The quantitative estimate of drug-likeness (QED) is 0.894. The zero-order chi connectivity index (χ0) is 14.6. The van der Waals surface area contributed by atoms with Gasteiger partial charge >= 0.3 is 0 Å². The van der Waals surface area contributed by atoms with Gasteiger partial charge in [-0.2, -0.15) is 0 Å². The third-order valence-electron chi connectivity index (χ3n) is 5.45. The number of benzene rings is 1. The van der Waals surface area contributed by atoms with Crippen molar-refractivity contribution in [1.29, 1.82) is 0 Å². The fourth-order valence-electron chi connectivity index (χ4n) is 4.16. The van der Waals surface area contributed by atoms with Crippen molar-refractivity contribution < 1.29 is 9.59 Å². The van der Waals surface area contributed by atoms with Crippen LogP contribution in [0, 0.1) is 17.8 Å². The third kappa shape index (κ3) is 2.13. The van der Waals surface area contributed by atoms with E-state index in [-0.39, 0.29) is 17.7 Å². The van der Waals surface area contributed by atoms with Gasteiger partial charge in [-0.15, -0.1) is 0 Å². The summed E-state index contributed by atoms with van der Waals surface area (Å²) in [5.74, 6) is 1.40. The van der Waals surface area contributed by atoms with Gasteiger partial charge in [-0.3, -0.25) is 9.59 Å². The summed E-state index contributed by atoms with van der Waals surface area (Å²) in [7, 11) is 0. The highest BCUT2D eigenvalue weighted by atomic mass is 16.2. The molecule has 1 aromatic rings. The highest BCUT2D eigenvalue weighted by Crippen LogP contribution is 2.54. The van der Waals surface area contributed by atoms with Gasteiger partial charge in [0, 0.05) is 18.9 Å². The van der Waals surface area contributed by atoms with E-state index < -0.39 is 6.04 Å². The second-order valence-electron chi connectivity index (χ2n) is 6.78. The molecular weight excluding hydrogens is 264 g/mol. The largest absolute Gasteiger partial charge is 0.368 e. The van der Waals surface area contributed by atoms with Gasteiger partial charge in [0.15, 0.2) is 0 Å². The summed E-state index contributed by atoms with van der Waals surface area (Å²) in [6.45, 7) is 0.522. The number of fused-ring (bicyclic) bond motifs is 2. The number of carbonyl (C=O) groups is 2. The standard InChI is InChI=1S/C17H20N2O2/c18-16(20)15-8-10-3-1-2-4-11(10)9-19(15)17(21)14-6-12-5-13(12)7-14/h1-4,12-15H,5-9H2,(H2,18,20)/t12?,13?,14?,15-/m0/s1. The van der Waals surface area contributed by atoms with Gasteiger partial charge in [0.1, 0.15) is 6.04 Å². The Labute approximate surface area is 124 Å². The zero-order valence-corrected chi connectivity index (χ0v) is 12.0. The fourth-order valence-corrected chi connectivity index (χ4v) is 4.16. The molecule has 2 aliphatic carbocycles. The molecule has 0 bridgehead atoms. The molecular formula is C17H20N2O2. The van der Waals surface area contributed by atoms with Gasteiger partial charge in [-0.1, -0.05) is 24.3 Å². The summed E-state index contributed by atoms with van der Waals surface area (Å²) in [6, 6.07) is 7.54. The lowest BCUT2D eigenvalue weighted by atomic mass is 9.91. The molecule has 4 rings (SSSR count). The minimum Gasteiger partial charge on any atom is -0.368 e. The first-order valence-electron chi connectivity index (χ1n) is 7.80. The van der Waals surface area contributed by atoms with E-state index in [9.17, 15) is 9.59 Å². The molecule has 0 saturated heterocycles. The van der Waals surface area contributed by atoms with E-state index in [1.807, 2.05) is 24.3 Å². The van der Waals surface area contributed by atoms with Crippen molar-refractivity contribution in [2.45, 2.75) is 38.3 Å². The number of primary amides is 1. The van der Waals surface area contributed by atoms with E-state index in [1.165, 1.54) is 6.42 Å². The van der Waals surface area contributed by atoms with Crippen LogP contribution in [-0.2, 0) is 22.6 Å². The van der Waals surface area contributed by atoms with Crippen molar-refractivity contribution in [2.24, 2.45) is 23.5 Å². The molecule has 110 valence electrons. The predicted octanol–water partition coefficient (Wildman–Crippen LogP) is 1.47. The second-order valence-corrected chi connectivity index (χ2v) is 6.78. The Morgan fingerprint density at radius 2 is 1.71 bits per heavy atom. The van der Waals surface area contributed by atoms with Crippen LogP contribution in [0.4, 0.5) is 0 Å². The summed E-state index contributed by atoms with van der Waals surface area (Å²) in [5, 5.41) is 0. The Kier molecular flexibility index (Phi) is 2.81. The number of amides is 2. The maximum absolute atomic E-state index is 12.8.